The SMILES string of the molecule is CC1=CC(C)=C(C)C(C/C=C/Cl)C1(C)C/C=C/Cl. The van der Waals surface area contributed by atoms with Crippen LogP contribution in [-0.2, 0) is 0 Å². The zero-order valence-electron chi connectivity index (χ0n) is 11.6. The number of hydrogen-bond donors (Lipinski definition) is 0. The maximum atomic E-state index is 5.70. The molecule has 1 aliphatic rings. The molecule has 0 aromatic rings. The van der Waals surface area contributed by atoms with E-state index in [-0.39, 0.29) is 5.41 Å². The van der Waals surface area contributed by atoms with Crippen LogP contribution in [-0.4, -0.2) is 0 Å². The first-order chi connectivity index (χ1) is 8.47. The summed E-state index contributed by atoms with van der Waals surface area (Å²) in [7, 11) is 0. The fourth-order valence-electron chi connectivity index (χ4n) is 2.85. The first-order valence-corrected chi connectivity index (χ1v) is 7.21. The van der Waals surface area contributed by atoms with Crippen LogP contribution in [0.3, 0.4) is 0 Å². The summed E-state index contributed by atoms with van der Waals surface area (Å²) in [6.45, 7) is 8.95. The monoisotopic (exact) mass is 284 g/mol. The Hall–Kier alpha value is -0.460. The highest BCUT2D eigenvalue weighted by Crippen LogP contribution is 2.48. The van der Waals surface area contributed by atoms with Crippen LogP contribution >= 0.6 is 23.2 Å². The van der Waals surface area contributed by atoms with Gasteiger partial charge in [0.1, 0.15) is 0 Å². The molecule has 0 saturated carbocycles. The van der Waals surface area contributed by atoms with Gasteiger partial charge in [-0.05, 0) is 44.9 Å². The molecule has 0 aromatic heterocycles. The van der Waals surface area contributed by atoms with E-state index in [0.717, 1.165) is 12.8 Å². The second-order valence-corrected chi connectivity index (χ2v) is 5.83. The largest absolute Gasteiger partial charge is 0.0933 e. The predicted octanol–water partition coefficient (Wildman–Crippen LogP) is 6.19. The summed E-state index contributed by atoms with van der Waals surface area (Å²) in [4.78, 5) is 0. The fraction of sp³-hybridized carbons (Fsp3) is 0.500. The van der Waals surface area contributed by atoms with Gasteiger partial charge >= 0.3 is 0 Å². The van der Waals surface area contributed by atoms with Crippen LogP contribution in [0.15, 0.2) is 46.0 Å². The first kappa shape index (κ1) is 15.6. The minimum absolute atomic E-state index is 0.130. The van der Waals surface area contributed by atoms with Crippen LogP contribution in [0.4, 0.5) is 0 Å². The van der Waals surface area contributed by atoms with Crippen molar-refractivity contribution < 1.29 is 0 Å². The molecule has 1 rings (SSSR count). The molecule has 0 heterocycles. The van der Waals surface area contributed by atoms with Gasteiger partial charge in [0.25, 0.3) is 0 Å². The van der Waals surface area contributed by atoms with Crippen LogP contribution in [0.2, 0.25) is 0 Å². The van der Waals surface area contributed by atoms with E-state index in [1.165, 1.54) is 16.7 Å². The lowest BCUT2D eigenvalue weighted by Gasteiger charge is -2.42. The van der Waals surface area contributed by atoms with Crippen LogP contribution in [0.25, 0.3) is 0 Å². The molecule has 1 aliphatic carbocycles. The molecule has 0 amide bonds. The molecule has 0 spiro atoms. The maximum absolute atomic E-state index is 5.70. The molecule has 0 aliphatic heterocycles. The lowest BCUT2D eigenvalue weighted by molar-refractivity contribution is 0.270. The minimum Gasteiger partial charge on any atom is -0.0933 e. The van der Waals surface area contributed by atoms with E-state index >= 15 is 0 Å². The third-order valence-electron chi connectivity index (χ3n) is 4.34. The van der Waals surface area contributed by atoms with Gasteiger partial charge in [-0.2, -0.15) is 0 Å². The summed E-state index contributed by atoms with van der Waals surface area (Å²) in [5.41, 5.74) is 7.63. The number of rotatable bonds is 4. The molecule has 18 heavy (non-hydrogen) atoms. The van der Waals surface area contributed by atoms with Gasteiger partial charge < -0.3 is 0 Å². The molecule has 0 radical (unpaired) electrons. The second-order valence-electron chi connectivity index (χ2n) is 5.33. The van der Waals surface area contributed by atoms with E-state index in [0.29, 0.717) is 5.92 Å². The van der Waals surface area contributed by atoms with Crippen molar-refractivity contribution in [3.8, 4) is 0 Å². The standard InChI is InChI=1S/C16H22Cl2/c1-12-11-13(2)16(4,8-6-10-18)15(14(12)3)7-5-9-17/h5-6,9-11,15H,7-8H2,1-4H3/b9-5+,10-6+. The third-order valence-corrected chi connectivity index (χ3v) is 4.70. The molecular formula is C16H22Cl2. The van der Waals surface area contributed by atoms with Crippen molar-refractivity contribution in [3.05, 3.63) is 46.0 Å². The normalized spacial score (nSPS) is 29.4. The van der Waals surface area contributed by atoms with Gasteiger partial charge in [0, 0.05) is 11.1 Å². The topological polar surface area (TPSA) is 0 Å². The van der Waals surface area contributed by atoms with Crippen molar-refractivity contribution in [1.29, 1.82) is 0 Å². The molecule has 2 atom stereocenters. The van der Waals surface area contributed by atoms with E-state index in [1.54, 1.807) is 11.1 Å². The second kappa shape index (κ2) is 6.63. The van der Waals surface area contributed by atoms with Crippen LogP contribution in [0, 0.1) is 11.3 Å². The van der Waals surface area contributed by atoms with Gasteiger partial charge in [-0.3, -0.25) is 0 Å². The molecule has 2 unspecified atom stereocenters. The Balaban J connectivity index is 3.15. The zero-order chi connectivity index (χ0) is 13.8. The average molecular weight is 285 g/mol. The molecule has 100 valence electrons. The van der Waals surface area contributed by atoms with Crippen molar-refractivity contribution in [3.63, 3.8) is 0 Å². The van der Waals surface area contributed by atoms with Gasteiger partial charge in [-0.1, -0.05) is 65.1 Å². The molecule has 2 heteroatoms. The lowest BCUT2D eigenvalue weighted by atomic mass is 9.62. The van der Waals surface area contributed by atoms with Gasteiger partial charge in [-0.25, -0.2) is 0 Å². The smallest absolute Gasteiger partial charge is 0.000278 e. The predicted molar refractivity (Wildman–Crippen MR) is 82.9 cm³/mol. The Morgan fingerprint density at radius 2 is 1.78 bits per heavy atom. The minimum atomic E-state index is 0.130. The van der Waals surface area contributed by atoms with Crippen molar-refractivity contribution in [1.82, 2.24) is 0 Å². The van der Waals surface area contributed by atoms with Crippen molar-refractivity contribution in [2.45, 2.75) is 40.5 Å². The Morgan fingerprint density at radius 1 is 1.17 bits per heavy atom. The van der Waals surface area contributed by atoms with E-state index in [9.17, 15) is 0 Å². The van der Waals surface area contributed by atoms with Gasteiger partial charge in [0.05, 0.1) is 0 Å². The molecule has 0 nitrogen and oxygen atoms in total. The number of hydrogen-bond acceptors (Lipinski definition) is 0. The van der Waals surface area contributed by atoms with E-state index in [1.807, 2.05) is 12.2 Å². The number of halogens is 2. The van der Waals surface area contributed by atoms with Gasteiger partial charge in [0.2, 0.25) is 0 Å². The quantitative estimate of drug-likeness (QED) is 0.577. The average Bonchev–Trinajstić information content (AvgIpc) is 2.34. The van der Waals surface area contributed by atoms with Crippen molar-refractivity contribution in [2.75, 3.05) is 0 Å². The fourth-order valence-corrected chi connectivity index (χ4v) is 3.04. The highest BCUT2D eigenvalue weighted by Gasteiger charge is 2.37. The zero-order valence-corrected chi connectivity index (χ0v) is 13.1. The van der Waals surface area contributed by atoms with E-state index in [4.69, 9.17) is 23.2 Å². The third kappa shape index (κ3) is 3.10. The first-order valence-electron chi connectivity index (χ1n) is 6.34. The highest BCUT2D eigenvalue weighted by atomic mass is 35.5. The Bertz CT molecular complexity index is 413. The highest BCUT2D eigenvalue weighted by molar-refractivity contribution is 6.25. The van der Waals surface area contributed by atoms with Crippen molar-refractivity contribution in [2.24, 2.45) is 11.3 Å². The Kier molecular flexibility index (Phi) is 5.75. The molecule has 0 N–H and O–H groups in total. The molecular weight excluding hydrogens is 263 g/mol. The molecule has 0 aromatic carbocycles. The molecule has 0 fully saturated rings. The Morgan fingerprint density at radius 3 is 2.33 bits per heavy atom. The van der Waals surface area contributed by atoms with Crippen LogP contribution in [0.5, 0.6) is 0 Å². The summed E-state index contributed by atoms with van der Waals surface area (Å²) >= 11 is 11.4. The van der Waals surface area contributed by atoms with E-state index in [2.05, 4.69) is 33.8 Å². The van der Waals surface area contributed by atoms with Crippen molar-refractivity contribution >= 4 is 23.2 Å². The molecule has 0 saturated heterocycles. The summed E-state index contributed by atoms with van der Waals surface area (Å²) in [6, 6.07) is 0. The van der Waals surface area contributed by atoms with Gasteiger partial charge in [-0.15, -0.1) is 0 Å². The van der Waals surface area contributed by atoms with Crippen LogP contribution in [0.1, 0.15) is 40.5 Å². The Labute approximate surface area is 121 Å². The summed E-state index contributed by atoms with van der Waals surface area (Å²) in [5.74, 6) is 0.491. The summed E-state index contributed by atoms with van der Waals surface area (Å²) < 4.78 is 0. The van der Waals surface area contributed by atoms with Crippen LogP contribution < -0.4 is 0 Å². The maximum Gasteiger partial charge on any atom is 0.000278 e. The number of allylic oxidation sites excluding steroid dienone is 6. The van der Waals surface area contributed by atoms with E-state index < -0.39 is 0 Å². The summed E-state index contributed by atoms with van der Waals surface area (Å²) in [6.07, 6.45) is 8.33. The molecule has 0 bridgehead atoms. The lowest BCUT2D eigenvalue weighted by Crippen LogP contribution is -2.32. The van der Waals surface area contributed by atoms with Gasteiger partial charge in [0.15, 0.2) is 0 Å². The summed E-state index contributed by atoms with van der Waals surface area (Å²) in [5, 5.41) is 0.